The number of carbonyl (C=O) groups excluding carboxylic acids is 2. The van der Waals surface area contributed by atoms with Gasteiger partial charge in [-0.25, -0.2) is 4.79 Å². The van der Waals surface area contributed by atoms with Crippen molar-refractivity contribution in [2.24, 2.45) is 0 Å². The van der Waals surface area contributed by atoms with Gasteiger partial charge in [0.15, 0.2) is 0 Å². The van der Waals surface area contributed by atoms with E-state index in [9.17, 15) is 9.59 Å². The second-order valence-electron chi connectivity index (χ2n) is 8.61. The van der Waals surface area contributed by atoms with Crippen LogP contribution in [0.5, 0.6) is 0 Å². The van der Waals surface area contributed by atoms with Crippen LogP contribution in [0.15, 0.2) is 97.1 Å². The van der Waals surface area contributed by atoms with Crippen LogP contribution in [0.4, 0.5) is 5.69 Å². The van der Waals surface area contributed by atoms with Gasteiger partial charge in [-0.2, -0.15) is 0 Å². The topological polar surface area (TPSA) is 58.6 Å². The van der Waals surface area contributed by atoms with E-state index < -0.39 is 5.97 Å². The van der Waals surface area contributed by atoms with Gasteiger partial charge in [0.2, 0.25) is 5.91 Å². The number of benzene rings is 4. The van der Waals surface area contributed by atoms with E-state index >= 15 is 0 Å². The molecule has 0 aromatic heterocycles. The molecule has 4 aromatic carbocycles. The first-order valence-electron chi connectivity index (χ1n) is 11.4. The molecular formula is C30H28N2O3. The maximum atomic E-state index is 12.6. The molecule has 0 fully saturated rings. The van der Waals surface area contributed by atoms with Gasteiger partial charge in [-0.1, -0.05) is 66.7 Å². The van der Waals surface area contributed by atoms with Crippen molar-refractivity contribution in [1.82, 2.24) is 4.90 Å². The monoisotopic (exact) mass is 464 g/mol. The lowest BCUT2D eigenvalue weighted by molar-refractivity contribution is -0.111. The fourth-order valence-corrected chi connectivity index (χ4v) is 3.80. The van der Waals surface area contributed by atoms with Gasteiger partial charge in [0, 0.05) is 12.6 Å². The van der Waals surface area contributed by atoms with E-state index in [1.54, 1.807) is 30.3 Å². The third-order valence-corrected chi connectivity index (χ3v) is 5.47. The number of ether oxygens (including phenoxy) is 1. The van der Waals surface area contributed by atoms with Crippen LogP contribution in [-0.4, -0.2) is 30.9 Å². The average molecular weight is 465 g/mol. The van der Waals surface area contributed by atoms with Gasteiger partial charge in [-0.15, -0.1) is 0 Å². The van der Waals surface area contributed by atoms with Gasteiger partial charge >= 0.3 is 5.97 Å². The Morgan fingerprint density at radius 3 is 2.34 bits per heavy atom. The first-order chi connectivity index (χ1) is 17.0. The van der Waals surface area contributed by atoms with Crippen molar-refractivity contribution in [2.75, 3.05) is 19.4 Å². The highest BCUT2D eigenvalue weighted by Gasteiger charge is 2.14. The van der Waals surface area contributed by atoms with Crippen LogP contribution in [0.3, 0.4) is 0 Å². The highest BCUT2D eigenvalue weighted by atomic mass is 16.5. The third-order valence-electron chi connectivity index (χ3n) is 5.47. The summed E-state index contributed by atoms with van der Waals surface area (Å²) in [6, 6.07) is 28.8. The van der Waals surface area contributed by atoms with Crippen molar-refractivity contribution < 1.29 is 14.3 Å². The van der Waals surface area contributed by atoms with Crippen molar-refractivity contribution in [3.05, 3.63) is 119 Å². The summed E-state index contributed by atoms with van der Waals surface area (Å²) in [6.07, 6.45) is 3.23. The molecule has 0 radical (unpaired) electrons. The molecule has 0 saturated carbocycles. The van der Waals surface area contributed by atoms with Gasteiger partial charge in [0.05, 0.1) is 11.3 Å². The van der Waals surface area contributed by atoms with Crippen molar-refractivity contribution in [3.63, 3.8) is 0 Å². The van der Waals surface area contributed by atoms with Gasteiger partial charge in [-0.05, 0) is 71.9 Å². The molecule has 0 spiro atoms. The summed E-state index contributed by atoms with van der Waals surface area (Å²) < 4.78 is 5.43. The fourth-order valence-electron chi connectivity index (χ4n) is 3.80. The number of hydrogen-bond donors (Lipinski definition) is 1. The highest BCUT2D eigenvalue weighted by Crippen LogP contribution is 2.20. The van der Waals surface area contributed by atoms with E-state index in [1.807, 2.05) is 42.5 Å². The van der Waals surface area contributed by atoms with Gasteiger partial charge in [0.25, 0.3) is 0 Å². The molecule has 0 aliphatic rings. The van der Waals surface area contributed by atoms with E-state index in [4.69, 9.17) is 4.74 Å². The molecule has 0 saturated heterocycles. The zero-order valence-corrected chi connectivity index (χ0v) is 19.9. The van der Waals surface area contributed by atoms with Crippen LogP contribution in [0.2, 0.25) is 0 Å². The van der Waals surface area contributed by atoms with Gasteiger partial charge in [0.1, 0.15) is 6.61 Å². The molecule has 0 unspecified atom stereocenters. The predicted octanol–water partition coefficient (Wildman–Crippen LogP) is 5.91. The molecular weight excluding hydrogens is 436 g/mol. The van der Waals surface area contributed by atoms with E-state index in [1.165, 1.54) is 11.6 Å². The molecule has 4 rings (SSSR count). The standard InChI is InChI=1S/C30H28N2O3/c1-32(2)20-24-13-16-25-18-22(12-15-26(25)19-24)14-17-29(33)31-28-11-7-6-10-27(28)30(34)35-21-23-8-4-3-5-9-23/h3-19H,20-21H2,1-2H3,(H,31,33)/b17-14+. The fraction of sp³-hybridized carbons (Fsp3) is 0.133. The number of nitrogens with zero attached hydrogens (tertiary/aromatic N) is 1. The van der Waals surface area contributed by atoms with Crippen LogP contribution in [0, 0.1) is 0 Å². The molecule has 5 heteroatoms. The number of esters is 1. The Labute approximate surface area is 205 Å². The summed E-state index contributed by atoms with van der Waals surface area (Å²) in [5, 5.41) is 5.07. The SMILES string of the molecule is CN(C)Cc1ccc2cc(/C=C/C(=O)Nc3ccccc3C(=O)OCc3ccccc3)ccc2c1. The summed E-state index contributed by atoms with van der Waals surface area (Å²) in [5.41, 5.74) is 3.79. The van der Waals surface area contributed by atoms with Crippen molar-refractivity contribution in [1.29, 1.82) is 0 Å². The number of hydrogen-bond acceptors (Lipinski definition) is 4. The minimum atomic E-state index is -0.489. The molecule has 35 heavy (non-hydrogen) atoms. The third kappa shape index (κ3) is 6.65. The minimum absolute atomic E-state index is 0.167. The lowest BCUT2D eigenvalue weighted by Crippen LogP contribution is -2.13. The Morgan fingerprint density at radius 1 is 0.829 bits per heavy atom. The van der Waals surface area contributed by atoms with Crippen LogP contribution in [0.25, 0.3) is 16.8 Å². The average Bonchev–Trinajstić information content (AvgIpc) is 2.86. The van der Waals surface area contributed by atoms with Crippen molar-refractivity contribution in [3.8, 4) is 0 Å². The quantitative estimate of drug-likeness (QED) is 0.260. The Morgan fingerprint density at radius 2 is 1.54 bits per heavy atom. The molecule has 4 aromatic rings. The summed E-state index contributed by atoms with van der Waals surface area (Å²) >= 11 is 0. The maximum absolute atomic E-state index is 12.6. The summed E-state index contributed by atoms with van der Waals surface area (Å²) in [6.45, 7) is 1.06. The number of carbonyl (C=O) groups is 2. The van der Waals surface area contributed by atoms with Crippen LogP contribution in [0.1, 0.15) is 27.0 Å². The van der Waals surface area contributed by atoms with E-state index in [0.29, 0.717) is 11.3 Å². The zero-order valence-electron chi connectivity index (χ0n) is 19.9. The second-order valence-corrected chi connectivity index (χ2v) is 8.61. The molecule has 0 aliphatic heterocycles. The van der Waals surface area contributed by atoms with Crippen LogP contribution in [-0.2, 0) is 22.7 Å². The number of rotatable bonds is 8. The van der Waals surface area contributed by atoms with Gasteiger partial charge in [-0.3, -0.25) is 4.79 Å². The summed E-state index contributed by atoms with van der Waals surface area (Å²) in [5.74, 6) is -0.813. The highest BCUT2D eigenvalue weighted by molar-refractivity contribution is 6.06. The molecule has 0 heterocycles. The van der Waals surface area contributed by atoms with Crippen molar-refractivity contribution >= 4 is 34.4 Å². The number of fused-ring (bicyclic) bond motifs is 1. The number of anilines is 1. The summed E-state index contributed by atoms with van der Waals surface area (Å²) in [4.78, 5) is 27.3. The van der Waals surface area contributed by atoms with E-state index in [2.05, 4.69) is 48.6 Å². The Balaban J connectivity index is 1.41. The molecule has 1 N–H and O–H groups in total. The van der Waals surface area contributed by atoms with Crippen molar-refractivity contribution in [2.45, 2.75) is 13.2 Å². The Bertz CT molecular complexity index is 1360. The first kappa shape index (κ1) is 23.9. The van der Waals surface area contributed by atoms with E-state index in [-0.39, 0.29) is 12.5 Å². The van der Waals surface area contributed by atoms with Crippen LogP contribution < -0.4 is 5.32 Å². The Kier molecular flexibility index (Phi) is 7.70. The number of nitrogens with one attached hydrogen (secondary N) is 1. The maximum Gasteiger partial charge on any atom is 0.340 e. The number of amides is 1. The molecule has 0 aliphatic carbocycles. The largest absolute Gasteiger partial charge is 0.457 e. The van der Waals surface area contributed by atoms with E-state index in [0.717, 1.165) is 28.4 Å². The smallest absolute Gasteiger partial charge is 0.340 e. The minimum Gasteiger partial charge on any atom is -0.457 e. The normalized spacial score (nSPS) is 11.2. The lowest BCUT2D eigenvalue weighted by atomic mass is 10.0. The molecule has 0 atom stereocenters. The molecule has 5 nitrogen and oxygen atoms in total. The number of para-hydroxylation sites is 1. The van der Waals surface area contributed by atoms with Gasteiger partial charge < -0.3 is 15.0 Å². The molecule has 176 valence electrons. The predicted molar refractivity (Wildman–Crippen MR) is 141 cm³/mol. The van der Waals surface area contributed by atoms with Crippen LogP contribution >= 0.6 is 0 Å². The zero-order chi connectivity index (χ0) is 24.6. The lowest BCUT2D eigenvalue weighted by Gasteiger charge is -2.10. The molecule has 1 amide bonds. The first-order valence-corrected chi connectivity index (χ1v) is 11.4. The molecule has 0 bridgehead atoms. The summed E-state index contributed by atoms with van der Waals surface area (Å²) in [7, 11) is 4.10. The second kappa shape index (κ2) is 11.3. The Hall–Kier alpha value is -4.22.